The van der Waals surface area contributed by atoms with Crippen LogP contribution in [0.4, 0.5) is 0 Å². The van der Waals surface area contributed by atoms with E-state index < -0.39 is 0 Å². The highest BCUT2D eigenvalue weighted by molar-refractivity contribution is 5.98. The van der Waals surface area contributed by atoms with Crippen LogP contribution in [0.2, 0.25) is 0 Å². The first-order chi connectivity index (χ1) is 7.72. The van der Waals surface area contributed by atoms with E-state index in [1.165, 1.54) is 0 Å². The fourth-order valence-electron chi connectivity index (χ4n) is 2.12. The standard InChI is InChI=1S/C14H17NO/c1-3-12-7-6-11(2)10-13(12)14(16)15-8-4-5-9-15/h3,6-7,10H,1,4-5,8-9H2,2H3. The van der Waals surface area contributed by atoms with Crippen LogP contribution in [-0.4, -0.2) is 23.9 Å². The van der Waals surface area contributed by atoms with Crippen molar-refractivity contribution in [3.63, 3.8) is 0 Å². The molecule has 16 heavy (non-hydrogen) atoms. The molecule has 1 heterocycles. The minimum atomic E-state index is 0.149. The molecule has 0 saturated carbocycles. The van der Waals surface area contributed by atoms with Crippen molar-refractivity contribution in [3.8, 4) is 0 Å². The summed E-state index contributed by atoms with van der Waals surface area (Å²) in [5.41, 5.74) is 2.84. The van der Waals surface area contributed by atoms with Gasteiger partial charge in [-0.2, -0.15) is 0 Å². The third-order valence-electron chi connectivity index (χ3n) is 3.05. The van der Waals surface area contributed by atoms with Gasteiger partial charge in [0.15, 0.2) is 0 Å². The molecule has 1 aliphatic rings. The van der Waals surface area contributed by atoms with Crippen LogP contribution in [0.3, 0.4) is 0 Å². The molecule has 2 heteroatoms. The first-order valence-electron chi connectivity index (χ1n) is 5.75. The van der Waals surface area contributed by atoms with Crippen molar-refractivity contribution in [2.75, 3.05) is 13.1 Å². The number of carbonyl (C=O) groups excluding carboxylic acids is 1. The largest absolute Gasteiger partial charge is 0.339 e. The number of nitrogens with zero attached hydrogens (tertiary/aromatic N) is 1. The number of carbonyl (C=O) groups is 1. The van der Waals surface area contributed by atoms with Crippen LogP contribution < -0.4 is 0 Å². The lowest BCUT2D eigenvalue weighted by atomic mass is 10.0. The lowest BCUT2D eigenvalue weighted by Crippen LogP contribution is -2.28. The van der Waals surface area contributed by atoms with Gasteiger partial charge in [-0.3, -0.25) is 4.79 Å². The lowest BCUT2D eigenvalue weighted by Gasteiger charge is -2.17. The summed E-state index contributed by atoms with van der Waals surface area (Å²) in [6.07, 6.45) is 4.00. The van der Waals surface area contributed by atoms with Gasteiger partial charge in [0.2, 0.25) is 0 Å². The van der Waals surface area contributed by atoms with E-state index in [-0.39, 0.29) is 5.91 Å². The van der Waals surface area contributed by atoms with Gasteiger partial charge in [0, 0.05) is 18.7 Å². The number of aryl methyl sites for hydroxylation is 1. The van der Waals surface area contributed by atoms with E-state index in [9.17, 15) is 4.79 Å². The Hall–Kier alpha value is -1.57. The van der Waals surface area contributed by atoms with Crippen LogP contribution in [0, 0.1) is 6.92 Å². The van der Waals surface area contributed by atoms with Crippen LogP contribution in [0.15, 0.2) is 24.8 Å². The van der Waals surface area contributed by atoms with E-state index in [1.54, 1.807) is 6.08 Å². The number of rotatable bonds is 2. The van der Waals surface area contributed by atoms with Crippen LogP contribution in [0.1, 0.15) is 34.3 Å². The Labute approximate surface area is 96.6 Å². The van der Waals surface area contributed by atoms with Crippen molar-refractivity contribution in [2.24, 2.45) is 0 Å². The van der Waals surface area contributed by atoms with Crippen molar-refractivity contribution in [1.29, 1.82) is 0 Å². The van der Waals surface area contributed by atoms with Crippen LogP contribution in [-0.2, 0) is 0 Å². The van der Waals surface area contributed by atoms with E-state index in [0.29, 0.717) is 0 Å². The third-order valence-corrected chi connectivity index (χ3v) is 3.05. The zero-order chi connectivity index (χ0) is 11.5. The second-order valence-electron chi connectivity index (χ2n) is 4.29. The van der Waals surface area contributed by atoms with Crippen molar-refractivity contribution >= 4 is 12.0 Å². The highest BCUT2D eigenvalue weighted by atomic mass is 16.2. The molecule has 0 unspecified atom stereocenters. The van der Waals surface area contributed by atoms with E-state index in [4.69, 9.17) is 0 Å². The van der Waals surface area contributed by atoms with E-state index >= 15 is 0 Å². The monoisotopic (exact) mass is 215 g/mol. The third kappa shape index (κ3) is 2.01. The lowest BCUT2D eigenvalue weighted by molar-refractivity contribution is 0.0792. The molecule has 0 aliphatic carbocycles. The second kappa shape index (κ2) is 4.52. The molecule has 0 atom stereocenters. The molecule has 2 rings (SSSR count). The molecule has 1 aliphatic heterocycles. The molecule has 1 amide bonds. The Kier molecular flexibility index (Phi) is 3.09. The summed E-state index contributed by atoms with van der Waals surface area (Å²) in [6, 6.07) is 5.93. The van der Waals surface area contributed by atoms with E-state index in [0.717, 1.165) is 42.6 Å². The second-order valence-corrected chi connectivity index (χ2v) is 4.29. The minimum Gasteiger partial charge on any atom is -0.339 e. The van der Waals surface area contributed by atoms with Crippen molar-refractivity contribution < 1.29 is 4.79 Å². The molecule has 0 radical (unpaired) electrons. The summed E-state index contributed by atoms with van der Waals surface area (Å²) < 4.78 is 0. The van der Waals surface area contributed by atoms with Gasteiger partial charge in [0.25, 0.3) is 5.91 Å². The Morgan fingerprint density at radius 2 is 2.06 bits per heavy atom. The average Bonchev–Trinajstić information content (AvgIpc) is 2.81. The number of hydrogen-bond acceptors (Lipinski definition) is 1. The molecular weight excluding hydrogens is 198 g/mol. The predicted molar refractivity (Wildman–Crippen MR) is 66.4 cm³/mol. The molecule has 0 spiro atoms. The first kappa shape index (κ1) is 10.9. The normalized spacial score (nSPS) is 15.2. The highest BCUT2D eigenvalue weighted by Crippen LogP contribution is 2.18. The van der Waals surface area contributed by atoms with Gasteiger partial charge < -0.3 is 4.90 Å². The Balaban J connectivity index is 2.33. The molecular formula is C14H17NO. The molecule has 1 fully saturated rings. The number of benzene rings is 1. The maximum atomic E-state index is 12.3. The van der Waals surface area contributed by atoms with Gasteiger partial charge in [-0.15, -0.1) is 0 Å². The average molecular weight is 215 g/mol. The number of likely N-dealkylation sites (tertiary alicyclic amines) is 1. The van der Waals surface area contributed by atoms with E-state index in [2.05, 4.69) is 6.58 Å². The summed E-state index contributed by atoms with van der Waals surface area (Å²) in [6.45, 7) is 7.55. The summed E-state index contributed by atoms with van der Waals surface area (Å²) in [5, 5.41) is 0. The fourth-order valence-corrected chi connectivity index (χ4v) is 2.12. The first-order valence-corrected chi connectivity index (χ1v) is 5.75. The van der Waals surface area contributed by atoms with Gasteiger partial charge >= 0.3 is 0 Å². The Morgan fingerprint density at radius 3 is 2.69 bits per heavy atom. The Morgan fingerprint density at radius 1 is 1.38 bits per heavy atom. The van der Waals surface area contributed by atoms with Gasteiger partial charge in [-0.1, -0.05) is 30.4 Å². The summed E-state index contributed by atoms with van der Waals surface area (Å²) >= 11 is 0. The van der Waals surface area contributed by atoms with Crippen LogP contribution >= 0.6 is 0 Å². The highest BCUT2D eigenvalue weighted by Gasteiger charge is 2.20. The van der Waals surface area contributed by atoms with Crippen LogP contribution in [0.25, 0.3) is 6.08 Å². The molecule has 2 nitrogen and oxygen atoms in total. The summed E-state index contributed by atoms with van der Waals surface area (Å²) in [5.74, 6) is 0.149. The smallest absolute Gasteiger partial charge is 0.254 e. The summed E-state index contributed by atoms with van der Waals surface area (Å²) in [7, 11) is 0. The quantitative estimate of drug-likeness (QED) is 0.743. The van der Waals surface area contributed by atoms with Crippen LogP contribution in [0.5, 0.6) is 0 Å². The van der Waals surface area contributed by atoms with Gasteiger partial charge in [-0.05, 0) is 31.4 Å². The van der Waals surface area contributed by atoms with Gasteiger partial charge in [0.1, 0.15) is 0 Å². The zero-order valence-electron chi connectivity index (χ0n) is 9.70. The summed E-state index contributed by atoms with van der Waals surface area (Å²) in [4.78, 5) is 14.2. The minimum absolute atomic E-state index is 0.149. The number of amides is 1. The topological polar surface area (TPSA) is 20.3 Å². The Bertz CT molecular complexity index is 417. The fraction of sp³-hybridized carbons (Fsp3) is 0.357. The molecule has 0 aromatic heterocycles. The predicted octanol–water partition coefficient (Wildman–Crippen LogP) is 2.87. The maximum absolute atomic E-state index is 12.3. The van der Waals surface area contributed by atoms with Crippen molar-refractivity contribution in [2.45, 2.75) is 19.8 Å². The molecule has 0 bridgehead atoms. The SMILES string of the molecule is C=Cc1ccc(C)cc1C(=O)N1CCCC1. The van der Waals surface area contributed by atoms with Gasteiger partial charge in [0.05, 0.1) is 0 Å². The molecule has 1 aromatic rings. The molecule has 1 aromatic carbocycles. The molecule has 0 N–H and O–H groups in total. The van der Waals surface area contributed by atoms with E-state index in [1.807, 2.05) is 30.0 Å². The van der Waals surface area contributed by atoms with Gasteiger partial charge in [-0.25, -0.2) is 0 Å². The number of hydrogen-bond donors (Lipinski definition) is 0. The maximum Gasteiger partial charge on any atom is 0.254 e. The van der Waals surface area contributed by atoms with Crippen molar-refractivity contribution in [1.82, 2.24) is 4.90 Å². The van der Waals surface area contributed by atoms with Crippen molar-refractivity contribution in [3.05, 3.63) is 41.5 Å². The molecule has 84 valence electrons. The molecule has 1 saturated heterocycles. The zero-order valence-corrected chi connectivity index (χ0v) is 9.70.